The second-order valence-electron chi connectivity index (χ2n) is 5.76. The molecule has 0 unspecified atom stereocenters. The Morgan fingerprint density at radius 3 is 2.82 bits per heavy atom. The average Bonchev–Trinajstić information content (AvgIpc) is 3.00. The molecule has 1 heterocycles. The largest absolute Gasteiger partial charge is 0.336 e. The number of nitrogens with one attached hydrogen (secondary N) is 1. The Labute approximate surface area is 135 Å². The van der Waals surface area contributed by atoms with Crippen LogP contribution in [0.3, 0.4) is 0 Å². The van der Waals surface area contributed by atoms with E-state index in [0.717, 1.165) is 24.3 Å². The smallest absolute Gasteiger partial charge is 0.245 e. The summed E-state index contributed by atoms with van der Waals surface area (Å²) in [6.45, 7) is 2.73. The summed E-state index contributed by atoms with van der Waals surface area (Å²) in [4.78, 5) is 24.4. The number of hydrogen-bond donors (Lipinski definition) is 1. The summed E-state index contributed by atoms with van der Waals surface area (Å²) in [6.07, 6.45) is 8.75. The molecule has 22 heavy (non-hydrogen) atoms. The first-order valence-electron chi connectivity index (χ1n) is 8.05. The van der Waals surface area contributed by atoms with Gasteiger partial charge in [0.1, 0.15) is 5.01 Å². The van der Waals surface area contributed by atoms with Crippen LogP contribution in [0.5, 0.6) is 0 Å². The van der Waals surface area contributed by atoms with Crippen molar-refractivity contribution in [1.82, 2.24) is 15.1 Å². The number of amides is 2. The van der Waals surface area contributed by atoms with E-state index in [1.807, 2.05) is 0 Å². The van der Waals surface area contributed by atoms with Gasteiger partial charge in [0.25, 0.3) is 0 Å². The molecule has 1 aliphatic carbocycles. The quantitative estimate of drug-likeness (QED) is 0.746. The minimum absolute atomic E-state index is 0.0713. The lowest BCUT2D eigenvalue weighted by Gasteiger charge is -2.18. The van der Waals surface area contributed by atoms with Crippen LogP contribution in [0.25, 0.3) is 0 Å². The molecule has 7 heteroatoms. The van der Waals surface area contributed by atoms with E-state index < -0.39 is 0 Å². The van der Waals surface area contributed by atoms with Crippen molar-refractivity contribution in [1.29, 1.82) is 0 Å². The normalized spacial score (nSPS) is 15.5. The number of anilines is 1. The van der Waals surface area contributed by atoms with E-state index in [4.69, 9.17) is 0 Å². The van der Waals surface area contributed by atoms with E-state index >= 15 is 0 Å². The molecule has 1 fully saturated rings. The zero-order chi connectivity index (χ0) is 15.8. The van der Waals surface area contributed by atoms with E-state index in [0.29, 0.717) is 17.6 Å². The Hall–Kier alpha value is -1.50. The maximum atomic E-state index is 12.0. The second-order valence-corrected chi connectivity index (χ2v) is 6.77. The van der Waals surface area contributed by atoms with Gasteiger partial charge in [-0.2, -0.15) is 0 Å². The highest BCUT2D eigenvalue weighted by molar-refractivity contribution is 7.15. The molecule has 6 nitrogen and oxygen atoms in total. The van der Waals surface area contributed by atoms with Crippen molar-refractivity contribution < 1.29 is 9.59 Å². The molecule has 2 amide bonds. The first kappa shape index (κ1) is 16.9. The molecule has 0 aromatic carbocycles. The van der Waals surface area contributed by atoms with E-state index in [2.05, 4.69) is 22.4 Å². The summed E-state index contributed by atoms with van der Waals surface area (Å²) < 4.78 is 0. The summed E-state index contributed by atoms with van der Waals surface area (Å²) in [5, 5.41) is 12.6. The van der Waals surface area contributed by atoms with Crippen LogP contribution >= 0.6 is 11.3 Å². The third-order valence-electron chi connectivity index (χ3n) is 3.94. The summed E-state index contributed by atoms with van der Waals surface area (Å²) in [5.41, 5.74) is 0. The molecule has 1 aromatic heterocycles. The summed E-state index contributed by atoms with van der Waals surface area (Å²) in [5.74, 6) is 0.280. The van der Waals surface area contributed by atoms with Gasteiger partial charge >= 0.3 is 0 Å². The highest BCUT2D eigenvalue weighted by atomic mass is 32.1. The van der Waals surface area contributed by atoms with Gasteiger partial charge in [-0.3, -0.25) is 14.9 Å². The predicted molar refractivity (Wildman–Crippen MR) is 86.9 cm³/mol. The number of aromatic nitrogens is 2. The molecule has 1 N–H and O–H groups in total. The molecule has 0 atom stereocenters. The Morgan fingerprint density at radius 2 is 2.14 bits per heavy atom. The van der Waals surface area contributed by atoms with Crippen molar-refractivity contribution in [2.24, 2.45) is 0 Å². The summed E-state index contributed by atoms with van der Waals surface area (Å²) in [7, 11) is 0. The lowest BCUT2D eigenvalue weighted by molar-refractivity contribution is -0.125. The number of carbonyl (C=O) groups excluding carboxylic acids is 2. The van der Waals surface area contributed by atoms with Crippen molar-refractivity contribution in [2.45, 2.75) is 57.8 Å². The molecule has 2 rings (SSSR count). The number of carbonyl (C=O) groups is 2. The lowest BCUT2D eigenvalue weighted by Crippen LogP contribution is -2.32. The van der Waals surface area contributed by atoms with Gasteiger partial charge in [0.05, 0.1) is 6.54 Å². The fraction of sp³-hybridized carbons (Fsp3) is 0.733. The molecule has 0 radical (unpaired) electrons. The van der Waals surface area contributed by atoms with E-state index in [1.165, 1.54) is 48.3 Å². The van der Waals surface area contributed by atoms with Crippen molar-refractivity contribution in [2.75, 3.05) is 18.4 Å². The van der Waals surface area contributed by atoms with Gasteiger partial charge in [0, 0.05) is 12.5 Å². The number of nitrogens with zero attached hydrogens (tertiary/aromatic N) is 3. The Bertz CT molecular complexity index is 486. The van der Waals surface area contributed by atoms with Gasteiger partial charge in [-0.25, -0.2) is 0 Å². The third kappa shape index (κ3) is 5.05. The van der Waals surface area contributed by atoms with Gasteiger partial charge in [-0.1, -0.05) is 43.9 Å². The van der Waals surface area contributed by atoms with E-state index in [1.54, 1.807) is 0 Å². The predicted octanol–water partition coefficient (Wildman–Crippen LogP) is 2.78. The van der Waals surface area contributed by atoms with Crippen LogP contribution in [0, 0.1) is 0 Å². The van der Waals surface area contributed by atoms with Gasteiger partial charge < -0.3 is 4.90 Å². The molecule has 0 bridgehead atoms. The van der Waals surface area contributed by atoms with Crippen LogP contribution in [-0.4, -0.2) is 40.5 Å². The first-order chi connectivity index (χ1) is 10.7. The van der Waals surface area contributed by atoms with Crippen LogP contribution in [-0.2, 0) is 9.59 Å². The highest BCUT2D eigenvalue weighted by Crippen LogP contribution is 2.35. The molecule has 122 valence electrons. The number of unbranched alkanes of at least 4 members (excludes halogenated alkanes) is 1. The van der Waals surface area contributed by atoms with E-state index in [-0.39, 0.29) is 12.5 Å². The highest BCUT2D eigenvalue weighted by Gasteiger charge is 2.20. The zero-order valence-electron chi connectivity index (χ0n) is 13.1. The van der Waals surface area contributed by atoms with Crippen molar-refractivity contribution in [3.05, 3.63) is 5.01 Å². The van der Waals surface area contributed by atoms with Crippen molar-refractivity contribution in [3.8, 4) is 0 Å². The Kier molecular flexibility index (Phi) is 6.76. The molecular formula is C15H24N4O2S. The zero-order valence-corrected chi connectivity index (χ0v) is 13.9. The van der Waals surface area contributed by atoms with Gasteiger partial charge in [0.15, 0.2) is 0 Å². The maximum absolute atomic E-state index is 12.0. The fourth-order valence-corrected chi connectivity index (χ4v) is 3.60. The van der Waals surface area contributed by atoms with Crippen LogP contribution in [0.4, 0.5) is 5.13 Å². The van der Waals surface area contributed by atoms with Crippen LogP contribution in [0.2, 0.25) is 0 Å². The van der Waals surface area contributed by atoms with Gasteiger partial charge in [-0.15, -0.1) is 10.2 Å². The molecule has 1 saturated carbocycles. The Morgan fingerprint density at radius 1 is 1.36 bits per heavy atom. The van der Waals surface area contributed by atoms with E-state index in [9.17, 15) is 9.59 Å². The van der Waals surface area contributed by atoms with Crippen LogP contribution < -0.4 is 5.32 Å². The van der Waals surface area contributed by atoms with Crippen molar-refractivity contribution >= 4 is 28.8 Å². The van der Waals surface area contributed by atoms with Crippen LogP contribution in [0.1, 0.15) is 62.8 Å². The number of rotatable bonds is 8. The third-order valence-corrected chi connectivity index (χ3v) is 4.94. The fourth-order valence-electron chi connectivity index (χ4n) is 2.67. The second kappa shape index (κ2) is 8.82. The van der Waals surface area contributed by atoms with Crippen molar-refractivity contribution in [3.63, 3.8) is 0 Å². The SMILES string of the molecule is CCCCN(C=O)CC(=O)Nc1nnc(C2CCCCC2)s1. The molecule has 0 saturated heterocycles. The molecule has 0 spiro atoms. The summed E-state index contributed by atoms with van der Waals surface area (Å²) >= 11 is 1.46. The monoisotopic (exact) mass is 324 g/mol. The standard InChI is InChI=1S/C15H24N4O2S/c1-2-3-9-19(11-20)10-13(21)16-15-18-17-14(22-15)12-7-5-4-6-8-12/h11-12H,2-10H2,1H3,(H,16,18,21). The Balaban J connectivity index is 1.83. The average molecular weight is 324 g/mol. The minimum Gasteiger partial charge on any atom is -0.336 e. The van der Waals surface area contributed by atoms with Crippen LogP contribution in [0.15, 0.2) is 0 Å². The molecule has 1 aliphatic rings. The topological polar surface area (TPSA) is 75.2 Å². The number of hydrogen-bond acceptors (Lipinski definition) is 5. The van der Waals surface area contributed by atoms with Gasteiger partial charge in [0.2, 0.25) is 17.4 Å². The lowest BCUT2D eigenvalue weighted by atomic mass is 9.90. The summed E-state index contributed by atoms with van der Waals surface area (Å²) in [6, 6.07) is 0. The van der Waals surface area contributed by atoms with Gasteiger partial charge in [-0.05, 0) is 19.3 Å². The maximum Gasteiger partial charge on any atom is 0.245 e. The molecular weight excluding hydrogens is 300 g/mol. The minimum atomic E-state index is -0.213. The molecule has 0 aliphatic heterocycles. The first-order valence-corrected chi connectivity index (χ1v) is 8.87. The molecule has 1 aromatic rings.